The number of amides is 1. The number of hydrogen-bond donors (Lipinski definition) is 3. The number of likely N-dealkylation sites (N-methyl/N-ethyl adjacent to an activating group) is 1. The number of anilines is 2. The molecule has 0 saturated carbocycles. The Kier molecular flexibility index (Phi) is 5.43. The Morgan fingerprint density at radius 2 is 2.15 bits per heavy atom. The van der Waals surface area contributed by atoms with Crippen molar-refractivity contribution in [2.75, 3.05) is 24.6 Å². The Bertz CT molecular complexity index is 852. The first-order valence-electron chi connectivity index (χ1n) is 8.20. The van der Waals surface area contributed by atoms with Gasteiger partial charge in [0.15, 0.2) is 0 Å². The summed E-state index contributed by atoms with van der Waals surface area (Å²) in [4.78, 5) is 22.9. The van der Waals surface area contributed by atoms with Crippen molar-refractivity contribution in [1.29, 1.82) is 0 Å². The van der Waals surface area contributed by atoms with E-state index in [9.17, 15) is 4.79 Å². The smallest absolute Gasteiger partial charge is 0.258 e. The average molecular weight is 368 g/mol. The third-order valence-electron chi connectivity index (χ3n) is 4.04. The summed E-state index contributed by atoms with van der Waals surface area (Å²) in [5, 5.41) is 6.38. The van der Waals surface area contributed by atoms with E-state index in [1.165, 1.54) is 0 Å². The van der Waals surface area contributed by atoms with Gasteiger partial charge in [0, 0.05) is 44.6 Å². The zero-order valence-electron chi connectivity index (χ0n) is 14.4. The first kappa shape index (κ1) is 17.8. The first-order valence-corrected chi connectivity index (χ1v) is 8.60. The van der Waals surface area contributed by atoms with E-state index in [-0.39, 0.29) is 5.91 Å². The van der Waals surface area contributed by atoms with E-state index in [1.807, 2.05) is 18.2 Å². The SMILES string of the molecule is CN1CCC(NCc2ccnc(N)c2)=C(C(=S)Nc2ccccn2)C1=O. The summed E-state index contributed by atoms with van der Waals surface area (Å²) in [6, 6.07) is 9.16. The zero-order chi connectivity index (χ0) is 18.5. The molecule has 2 aromatic rings. The van der Waals surface area contributed by atoms with E-state index in [4.69, 9.17) is 18.0 Å². The molecule has 0 bridgehead atoms. The molecule has 0 fully saturated rings. The lowest BCUT2D eigenvalue weighted by Gasteiger charge is -2.28. The van der Waals surface area contributed by atoms with Crippen LogP contribution < -0.4 is 16.4 Å². The number of nitrogens with zero attached hydrogens (tertiary/aromatic N) is 3. The maximum absolute atomic E-state index is 12.7. The van der Waals surface area contributed by atoms with E-state index in [0.29, 0.717) is 41.7 Å². The van der Waals surface area contributed by atoms with Crippen LogP contribution in [0.1, 0.15) is 12.0 Å². The van der Waals surface area contributed by atoms with Crippen LogP contribution in [0.4, 0.5) is 11.6 Å². The molecule has 7 nitrogen and oxygen atoms in total. The van der Waals surface area contributed by atoms with Crippen molar-refractivity contribution >= 4 is 34.7 Å². The van der Waals surface area contributed by atoms with Crippen molar-refractivity contribution < 1.29 is 4.79 Å². The van der Waals surface area contributed by atoms with E-state index < -0.39 is 0 Å². The van der Waals surface area contributed by atoms with Gasteiger partial charge < -0.3 is 21.3 Å². The fraction of sp³-hybridized carbons (Fsp3) is 0.222. The Labute approximate surface area is 157 Å². The third-order valence-corrected chi connectivity index (χ3v) is 4.35. The largest absolute Gasteiger partial charge is 0.384 e. The number of nitrogen functional groups attached to an aromatic ring is 1. The molecule has 3 heterocycles. The number of pyridine rings is 2. The Hall–Kier alpha value is -3.00. The molecule has 0 saturated heterocycles. The molecule has 4 N–H and O–H groups in total. The molecule has 0 aromatic carbocycles. The minimum absolute atomic E-state index is 0.110. The number of rotatable bonds is 5. The molecule has 0 spiro atoms. The summed E-state index contributed by atoms with van der Waals surface area (Å²) in [7, 11) is 1.77. The summed E-state index contributed by atoms with van der Waals surface area (Å²) in [6.45, 7) is 1.17. The molecule has 3 rings (SSSR count). The molecule has 1 aliphatic heterocycles. The second-order valence-corrected chi connectivity index (χ2v) is 6.35. The molecular weight excluding hydrogens is 348 g/mol. The molecule has 0 radical (unpaired) electrons. The van der Waals surface area contributed by atoms with Crippen LogP contribution in [0.25, 0.3) is 0 Å². The van der Waals surface area contributed by atoms with Gasteiger partial charge in [-0.1, -0.05) is 18.3 Å². The number of nitrogens with two attached hydrogens (primary N) is 1. The van der Waals surface area contributed by atoms with Gasteiger partial charge in [-0.05, 0) is 29.8 Å². The maximum Gasteiger partial charge on any atom is 0.258 e. The highest BCUT2D eigenvalue weighted by molar-refractivity contribution is 7.81. The van der Waals surface area contributed by atoms with E-state index in [0.717, 1.165) is 11.3 Å². The van der Waals surface area contributed by atoms with Gasteiger partial charge in [0.2, 0.25) is 0 Å². The number of hydrogen-bond acceptors (Lipinski definition) is 6. The summed E-state index contributed by atoms with van der Waals surface area (Å²) in [5.74, 6) is 0.957. The van der Waals surface area contributed by atoms with Crippen molar-refractivity contribution in [2.45, 2.75) is 13.0 Å². The molecule has 0 aliphatic carbocycles. The van der Waals surface area contributed by atoms with Crippen LogP contribution in [-0.2, 0) is 11.3 Å². The normalized spacial score (nSPS) is 14.3. The van der Waals surface area contributed by atoms with Crippen LogP contribution in [0.3, 0.4) is 0 Å². The van der Waals surface area contributed by atoms with E-state index in [1.54, 1.807) is 36.5 Å². The zero-order valence-corrected chi connectivity index (χ0v) is 15.2. The first-order chi connectivity index (χ1) is 12.5. The van der Waals surface area contributed by atoms with Crippen LogP contribution in [-0.4, -0.2) is 39.4 Å². The summed E-state index contributed by atoms with van der Waals surface area (Å²) >= 11 is 5.49. The lowest BCUT2D eigenvalue weighted by Crippen LogP contribution is -2.40. The highest BCUT2D eigenvalue weighted by atomic mass is 32.1. The monoisotopic (exact) mass is 368 g/mol. The van der Waals surface area contributed by atoms with Crippen molar-refractivity contribution in [1.82, 2.24) is 20.2 Å². The Morgan fingerprint density at radius 1 is 1.31 bits per heavy atom. The predicted octanol–water partition coefficient (Wildman–Crippen LogP) is 1.70. The van der Waals surface area contributed by atoms with E-state index >= 15 is 0 Å². The fourth-order valence-electron chi connectivity index (χ4n) is 2.67. The van der Waals surface area contributed by atoms with Crippen LogP contribution in [0.2, 0.25) is 0 Å². The van der Waals surface area contributed by atoms with Crippen LogP contribution >= 0.6 is 12.2 Å². The number of nitrogens with one attached hydrogen (secondary N) is 2. The van der Waals surface area contributed by atoms with Gasteiger partial charge in [-0.25, -0.2) is 9.97 Å². The van der Waals surface area contributed by atoms with Crippen molar-refractivity contribution in [3.05, 3.63) is 59.6 Å². The number of carbonyl (C=O) groups excluding carboxylic acids is 1. The van der Waals surface area contributed by atoms with Gasteiger partial charge >= 0.3 is 0 Å². The van der Waals surface area contributed by atoms with Crippen molar-refractivity contribution in [3.63, 3.8) is 0 Å². The molecule has 134 valence electrons. The molecule has 26 heavy (non-hydrogen) atoms. The molecule has 2 aromatic heterocycles. The molecule has 1 aliphatic rings. The minimum Gasteiger partial charge on any atom is -0.384 e. The lowest BCUT2D eigenvalue weighted by molar-refractivity contribution is -0.126. The second kappa shape index (κ2) is 7.92. The summed E-state index contributed by atoms with van der Waals surface area (Å²) in [5.41, 5.74) is 8.00. The Morgan fingerprint density at radius 3 is 2.88 bits per heavy atom. The van der Waals surface area contributed by atoms with Crippen LogP contribution in [0, 0.1) is 0 Å². The molecule has 0 unspecified atom stereocenters. The number of thiocarbonyl (C=S) groups is 1. The second-order valence-electron chi connectivity index (χ2n) is 5.94. The highest BCUT2D eigenvalue weighted by Crippen LogP contribution is 2.20. The van der Waals surface area contributed by atoms with Crippen molar-refractivity contribution in [3.8, 4) is 0 Å². The van der Waals surface area contributed by atoms with Gasteiger partial charge in [-0.3, -0.25) is 4.79 Å². The van der Waals surface area contributed by atoms with Crippen LogP contribution in [0.15, 0.2) is 54.0 Å². The third kappa shape index (κ3) is 4.15. The minimum atomic E-state index is -0.110. The molecule has 8 heteroatoms. The predicted molar refractivity (Wildman–Crippen MR) is 105 cm³/mol. The maximum atomic E-state index is 12.7. The summed E-state index contributed by atoms with van der Waals surface area (Å²) in [6.07, 6.45) is 4.03. The molecule has 1 amide bonds. The lowest BCUT2D eigenvalue weighted by atomic mass is 10.0. The quantitative estimate of drug-likeness (QED) is 0.691. The molecule has 0 atom stereocenters. The van der Waals surface area contributed by atoms with Gasteiger partial charge in [-0.15, -0.1) is 0 Å². The van der Waals surface area contributed by atoms with Gasteiger partial charge in [0.25, 0.3) is 5.91 Å². The van der Waals surface area contributed by atoms with Crippen LogP contribution in [0.5, 0.6) is 0 Å². The number of carbonyl (C=O) groups is 1. The topological polar surface area (TPSA) is 96.2 Å². The Balaban J connectivity index is 1.82. The van der Waals surface area contributed by atoms with Gasteiger partial charge in [-0.2, -0.15) is 0 Å². The highest BCUT2D eigenvalue weighted by Gasteiger charge is 2.28. The van der Waals surface area contributed by atoms with Gasteiger partial charge in [0.05, 0.1) is 5.57 Å². The standard InChI is InChI=1S/C18H20N6OS/c1-24-9-6-13(22-11-12-5-8-20-14(19)10-12)16(18(24)25)17(26)23-15-4-2-3-7-21-15/h2-5,7-8,10,22H,6,9,11H2,1H3,(H2,19,20)(H,21,23,26). The summed E-state index contributed by atoms with van der Waals surface area (Å²) < 4.78 is 0. The van der Waals surface area contributed by atoms with Gasteiger partial charge in [0.1, 0.15) is 16.6 Å². The van der Waals surface area contributed by atoms with E-state index in [2.05, 4.69) is 20.6 Å². The number of aromatic nitrogens is 2. The average Bonchev–Trinajstić information content (AvgIpc) is 2.63. The van der Waals surface area contributed by atoms with Crippen molar-refractivity contribution in [2.24, 2.45) is 0 Å². The fourth-order valence-corrected chi connectivity index (χ4v) is 2.98. The molecular formula is C18H20N6OS.